The Morgan fingerprint density at radius 3 is 2.67 bits per heavy atom. The summed E-state index contributed by atoms with van der Waals surface area (Å²) >= 11 is 1.17. The minimum atomic E-state index is -0.577. The average molecular weight is 382 g/mol. The molecule has 1 atom stereocenters. The average Bonchev–Trinajstić information content (AvgIpc) is 2.69. The van der Waals surface area contributed by atoms with Gasteiger partial charge in [-0.15, -0.1) is 5.10 Å². The topological polar surface area (TPSA) is 92.1 Å². The molecule has 138 valence electrons. The van der Waals surface area contributed by atoms with E-state index < -0.39 is 5.25 Å². The van der Waals surface area contributed by atoms with Crippen molar-refractivity contribution in [1.29, 1.82) is 0 Å². The van der Waals surface area contributed by atoms with Crippen LogP contribution in [0.3, 0.4) is 0 Å². The lowest BCUT2D eigenvalue weighted by atomic mass is 10.2. The lowest BCUT2D eigenvalue weighted by Gasteiger charge is -2.21. The Kier molecular flexibility index (Phi) is 6.22. The Balaban J connectivity index is 1.63. The highest BCUT2D eigenvalue weighted by Gasteiger charge is 2.30. The Bertz CT molecular complexity index is 866. The molecule has 0 bridgehead atoms. The molecule has 7 nitrogen and oxygen atoms in total. The first-order valence-corrected chi connectivity index (χ1v) is 9.09. The molecule has 1 heterocycles. The standard InChI is InChI=1S/C19H18N4O3S/c1-26-15-9-7-14(8-10-15)21-18(25)16-11-17(24)22-19(27-16)23-20-12-13-5-3-2-4-6-13/h2-10,12,16H,11H2,1H3,(H,21,25)(H,22,23,24)/t16-/m0/s1. The van der Waals surface area contributed by atoms with E-state index >= 15 is 0 Å². The predicted octanol–water partition coefficient (Wildman–Crippen LogP) is 2.65. The van der Waals surface area contributed by atoms with Crippen molar-refractivity contribution >= 4 is 40.6 Å². The molecule has 0 saturated carbocycles. The van der Waals surface area contributed by atoms with Crippen LogP contribution in [0.5, 0.6) is 5.75 Å². The first-order chi connectivity index (χ1) is 13.1. The van der Waals surface area contributed by atoms with Crippen LogP contribution in [0.15, 0.2) is 64.8 Å². The van der Waals surface area contributed by atoms with Crippen molar-refractivity contribution in [2.24, 2.45) is 10.2 Å². The first kappa shape index (κ1) is 18.7. The summed E-state index contributed by atoms with van der Waals surface area (Å²) < 4.78 is 5.09. The fourth-order valence-electron chi connectivity index (χ4n) is 2.32. The molecule has 2 amide bonds. The molecule has 3 rings (SSSR count). The molecule has 0 aliphatic carbocycles. The van der Waals surface area contributed by atoms with Crippen LogP contribution in [0.1, 0.15) is 12.0 Å². The van der Waals surface area contributed by atoms with Crippen LogP contribution in [0, 0.1) is 0 Å². The maximum absolute atomic E-state index is 12.5. The molecule has 2 N–H and O–H groups in total. The molecule has 2 aromatic rings. The van der Waals surface area contributed by atoms with Gasteiger partial charge in [-0.2, -0.15) is 5.10 Å². The van der Waals surface area contributed by atoms with Crippen LogP contribution in [0.25, 0.3) is 0 Å². The molecular formula is C19H18N4O3S. The number of nitrogens with zero attached hydrogens (tertiary/aromatic N) is 2. The number of rotatable bonds is 5. The number of amides is 2. The zero-order valence-corrected chi connectivity index (χ0v) is 15.4. The second-order valence-corrected chi connectivity index (χ2v) is 6.83. The summed E-state index contributed by atoms with van der Waals surface area (Å²) in [6.45, 7) is 0. The van der Waals surface area contributed by atoms with Gasteiger partial charge in [-0.25, -0.2) is 0 Å². The van der Waals surface area contributed by atoms with Gasteiger partial charge in [-0.3, -0.25) is 9.59 Å². The molecule has 0 aromatic heterocycles. The number of ether oxygens (including phenoxy) is 1. The van der Waals surface area contributed by atoms with Crippen LogP contribution in [0.2, 0.25) is 0 Å². The minimum absolute atomic E-state index is 0.0775. The Morgan fingerprint density at radius 1 is 1.22 bits per heavy atom. The summed E-state index contributed by atoms with van der Waals surface area (Å²) in [4.78, 5) is 24.4. The van der Waals surface area contributed by atoms with Crippen molar-refractivity contribution in [2.75, 3.05) is 12.4 Å². The molecule has 0 radical (unpaired) electrons. The number of carbonyl (C=O) groups is 2. The number of hydrogen-bond acceptors (Lipinski definition) is 6. The van der Waals surface area contributed by atoms with Gasteiger partial charge in [0.1, 0.15) is 11.0 Å². The van der Waals surface area contributed by atoms with Crippen LogP contribution in [0.4, 0.5) is 5.69 Å². The number of benzene rings is 2. The maximum atomic E-state index is 12.5. The summed E-state index contributed by atoms with van der Waals surface area (Å²) in [7, 11) is 1.58. The summed E-state index contributed by atoms with van der Waals surface area (Å²) in [5.74, 6) is 0.169. The van der Waals surface area contributed by atoms with E-state index in [2.05, 4.69) is 20.8 Å². The number of thioether (sulfide) groups is 1. The zero-order chi connectivity index (χ0) is 19.1. The monoisotopic (exact) mass is 382 g/mol. The summed E-state index contributed by atoms with van der Waals surface area (Å²) in [5, 5.41) is 13.1. The maximum Gasteiger partial charge on any atom is 0.238 e. The Morgan fingerprint density at radius 2 is 1.96 bits per heavy atom. The van der Waals surface area contributed by atoms with E-state index in [1.165, 1.54) is 11.8 Å². The third kappa shape index (κ3) is 5.42. The number of nitrogens with one attached hydrogen (secondary N) is 2. The summed E-state index contributed by atoms with van der Waals surface area (Å²) in [5.41, 5.74) is 1.52. The molecule has 0 unspecified atom stereocenters. The summed E-state index contributed by atoms with van der Waals surface area (Å²) in [6, 6.07) is 16.5. The van der Waals surface area contributed by atoms with Crippen molar-refractivity contribution in [3.8, 4) is 5.75 Å². The fraction of sp³-hybridized carbons (Fsp3) is 0.158. The molecule has 1 fully saturated rings. The van der Waals surface area contributed by atoms with Gasteiger partial charge in [-0.1, -0.05) is 42.1 Å². The van der Waals surface area contributed by atoms with Crippen molar-refractivity contribution in [1.82, 2.24) is 5.32 Å². The highest BCUT2D eigenvalue weighted by molar-refractivity contribution is 8.15. The molecule has 2 aromatic carbocycles. The van der Waals surface area contributed by atoms with Gasteiger partial charge in [0, 0.05) is 12.1 Å². The van der Waals surface area contributed by atoms with Crippen molar-refractivity contribution in [3.63, 3.8) is 0 Å². The van der Waals surface area contributed by atoms with Crippen molar-refractivity contribution in [3.05, 3.63) is 60.2 Å². The van der Waals surface area contributed by atoms with Gasteiger partial charge < -0.3 is 15.4 Å². The van der Waals surface area contributed by atoms with Gasteiger partial charge in [0.15, 0.2) is 5.17 Å². The SMILES string of the molecule is COc1ccc(NC(=O)[C@@H]2CC(=O)NC(=NN=Cc3ccccc3)S2)cc1. The fourth-order valence-corrected chi connectivity index (χ4v) is 3.26. The van der Waals surface area contributed by atoms with Gasteiger partial charge in [-0.05, 0) is 29.8 Å². The van der Waals surface area contributed by atoms with E-state index in [9.17, 15) is 9.59 Å². The number of carbonyl (C=O) groups excluding carboxylic acids is 2. The molecule has 27 heavy (non-hydrogen) atoms. The van der Waals surface area contributed by atoms with E-state index in [-0.39, 0.29) is 18.2 Å². The van der Waals surface area contributed by atoms with E-state index in [0.29, 0.717) is 16.6 Å². The van der Waals surface area contributed by atoms with Crippen LogP contribution < -0.4 is 15.4 Å². The van der Waals surface area contributed by atoms with Gasteiger partial charge >= 0.3 is 0 Å². The van der Waals surface area contributed by atoms with Gasteiger partial charge in [0.2, 0.25) is 11.8 Å². The molecule has 0 spiro atoms. The quantitative estimate of drug-likeness (QED) is 0.614. The van der Waals surface area contributed by atoms with E-state index in [1.54, 1.807) is 37.6 Å². The predicted molar refractivity (Wildman–Crippen MR) is 107 cm³/mol. The molecule has 1 saturated heterocycles. The van der Waals surface area contributed by atoms with E-state index in [1.807, 2.05) is 30.3 Å². The third-order valence-corrected chi connectivity index (χ3v) is 4.75. The second kappa shape index (κ2) is 9.00. The van der Waals surface area contributed by atoms with Crippen LogP contribution >= 0.6 is 11.8 Å². The zero-order valence-electron chi connectivity index (χ0n) is 14.6. The lowest BCUT2D eigenvalue weighted by molar-refractivity contribution is -0.123. The van der Waals surface area contributed by atoms with E-state index in [4.69, 9.17) is 4.74 Å². The molecular weight excluding hydrogens is 364 g/mol. The number of hydrogen-bond donors (Lipinski definition) is 2. The number of methoxy groups -OCH3 is 1. The van der Waals surface area contributed by atoms with E-state index in [0.717, 1.165) is 5.56 Å². The normalized spacial score (nSPS) is 18.3. The second-order valence-electron chi connectivity index (χ2n) is 5.64. The number of amidine groups is 1. The molecule has 1 aliphatic rings. The molecule has 1 aliphatic heterocycles. The minimum Gasteiger partial charge on any atom is -0.497 e. The van der Waals surface area contributed by atoms with Crippen LogP contribution in [-0.2, 0) is 9.59 Å². The third-order valence-electron chi connectivity index (χ3n) is 3.68. The number of anilines is 1. The van der Waals surface area contributed by atoms with Crippen LogP contribution in [-0.4, -0.2) is 35.6 Å². The lowest BCUT2D eigenvalue weighted by Crippen LogP contribution is -2.41. The van der Waals surface area contributed by atoms with Crippen molar-refractivity contribution < 1.29 is 14.3 Å². The highest BCUT2D eigenvalue weighted by Crippen LogP contribution is 2.23. The smallest absolute Gasteiger partial charge is 0.238 e. The van der Waals surface area contributed by atoms with Gasteiger partial charge in [0.25, 0.3) is 0 Å². The Hall–Kier alpha value is -3.13. The summed E-state index contributed by atoms with van der Waals surface area (Å²) in [6.07, 6.45) is 1.66. The largest absolute Gasteiger partial charge is 0.497 e. The molecule has 8 heteroatoms. The van der Waals surface area contributed by atoms with Gasteiger partial charge in [0.05, 0.1) is 13.3 Å². The first-order valence-electron chi connectivity index (χ1n) is 8.21. The highest BCUT2D eigenvalue weighted by atomic mass is 32.2. The van der Waals surface area contributed by atoms with Crippen molar-refractivity contribution in [2.45, 2.75) is 11.7 Å². The Labute approximate surface area is 160 Å².